The lowest BCUT2D eigenvalue weighted by atomic mass is 10.0. The van der Waals surface area contributed by atoms with Crippen molar-refractivity contribution >= 4 is 15.2 Å². The average molecular weight is 197 g/mol. The average Bonchev–Trinajstić information content (AvgIpc) is 2.65. The van der Waals surface area contributed by atoms with E-state index in [1.165, 1.54) is 32.5 Å². The van der Waals surface area contributed by atoms with Crippen LogP contribution in [0.3, 0.4) is 0 Å². The first-order valence-electron chi connectivity index (χ1n) is 6.09. The van der Waals surface area contributed by atoms with Crippen LogP contribution in [0.15, 0.2) is 0 Å². The van der Waals surface area contributed by atoms with E-state index in [1.807, 2.05) is 0 Å². The molecule has 13 heavy (non-hydrogen) atoms. The van der Waals surface area contributed by atoms with E-state index < -0.39 is 0 Å². The zero-order valence-electron chi connectivity index (χ0n) is 9.39. The summed E-state index contributed by atoms with van der Waals surface area (Å²) in [6.07, 6.45) is 4.54. The van der Waals surface area contributed by atoms with Gasteiger partial charge in [-0.25, -0.2) is 0 Å². The maximum Gasteiger partial charge on any atom is 0.237 e. The maximum atomic E-state index is 2.55. The summed E-state index contributed by atoms with van der Waals surface area (Å²) in [5.41, 5.74) is 0. The topological polar surface area (TPSA) is 3.24 Å². The van der Waals surface area contributed by atoms with Crippen molar-refractivity contribution in [2.45, 2.75) is 43.7 Å². The molecule has 76 valence electrons. The molecule has 0 bridgehead atoms. The van der Waals surface area contributed by atoms with E-state index in [0.29, 0.717) is 15.2 Å². The van der Waals surface area contributed by atoms with E-state index in [9.17, 15) is 0 Å². The zero-order chi connectivity index (χ0) is 9.52. The van der Waals surface area contributed by atoms with Gasteiger partial charge in [0, 0.05) is 0 Å². The summed E-state index contributed by atoms with van der Waals surface area (Å²) in [5.74, 6) is 1.14. The van der Waals surface area contributed by atoms with Gasteiger partial charge in [0.15, 0.2) is 0 Å². The maximum absolute atomic E-state index is 2.55. The largest absolute Gasteiger partial charge is 0.304 e. The highest BCUT2D eigenvalue weighted by Gasteiger charge is 2.16. The number of rotatable bonds is 6. The summed E-state index contributed by atoms with van der Waals surface area (Å²) in [4.78, 5) is 2.55. The Kier molecular flexibility index (Phi) is 6.12. The molecular formula is C11H24AlN. The van der Waals surface area contributed by atoms with Crippen LogP contribution in [0.1, 0.15) is 33.1 Å². The SMILES string of the molecule is CCN(CC)CCCC1C[CH2][AlH][CH2]1. The molecule has 1 unspecified atom stereocenters. The molecule has 0 aliphatic carbocycles. The van der Waals surface area contributed by atoms with Gasteiger partial charge in [-0.1, -0.05) is 43.2 Å². The standard InChI is InChI=1S/C11H23N.Al.H/c1-5-11(4)9-8-10-12(6-2)7-3;;/h11H,1,4-10H2,2-3H3;;. The fraction of sp³-hybridized carbons (Fsp3) is 1.00. The smallest absolute Gasteiger partial charge is 0.237 e. The molecule has 1 fully saturated rings. The van der Waals surface area contributed by atoms with Gasteiger partial charge in [-0.2, -0.15) is 0 Å². The van der Waals surface area contributed by atoms with Crippen molar-refractivity contribution in [1.29, 1.82) is 0 Å². The fourth-order valence-corrected chi connectivity index (χ4v) is 4.75. The predicted octanol–water partition coefficient (Wildman–Crippen LogP) is 2.40. The van der Waals surface area contributed by atoms with Gasteiger partial charge in [0.05, 0.1) is 0 Å². The van der Waals surface area contributed by atoms with Gasteiger partial charge in [-0.3, -0.25) is 0 Å². The van der Waals surface area contributed by atoms with Crippen LogP contribution in [0, 0.1) is 5.92 Å². The van der Waals surface area contributed by atoms with E-state index in [-0.39, 0.29) is 0 Å². The van der Waals surface area contributed by atoms with Crippen molar-refractivity contribution < 1.29 is 0 Å². The van der Waals surface area contributed by atoms with Gasteiger partial charge in [0.2, 0.25) is 15.2 Å². The quantitative estimate of drug-likeness (QED) is 0.591. The van der Waals surface area contributed by atoms with Gasteiger partial charge in [0.25, 0.3) is 0 Å². The van der Waals surface area contributed by atoms with Crippen LogP contribution in [0.4, 0.5) is 0 Å². The summed E-state index contributed by atoms with van der Waals surface area (Å²) in [6, 6.07) is 0. The van der Waals surface area contributed by atoms with Gasteiger partial charge in [-0.15, -0.1) is 0 Å². The van der Waals surface area contributed by atoms with E-state index in [0.717, 1.165) is 5.92 Å². The van der Waals surface area contributed by atoms with Crippen molar-refractivity contribution in [2.75, 3.05) is 19.6 Å². The lowest BCUT2D eigenvalue weighted by molar-refractivity contribution is 0.288. The Bertz CT molecular complexity index is 115. The molecule has 0 aromatic carbocycles. The number of hydrogen-bond donors (Lipinski definition) is 0. The second-order valence-corrected chi connectivity index (χ2v) is 6.31. The highest BCUT2D eigenvalue weighted by atomic mass is 27.1. The molecule has 0 aromatic rings. The highest BCUT2D eigenvalue weighted by molar-refractivity contribution is 6.36. The first-order chi connectivity index (χ1) is 6.36. The van der Waals surface area contributed by atoms with Crippen LogP contribution < -0.4 is 0 Å². The summed E-state index contributed by atoms with van der Waals surface area (Å²) in [6.45, 7) is 8.34. The van der Waals surface area contributed by atoms with Crippen LogP contribution in [-0.2, 0) is 0 Å². The first-order valence-corrected chi connectivity index (χ1v) is 8.09. The van der Waals surface area contributed by atoms with Gasteiger partial charge in [-0.05, 0) is 26.1 Å². The van der Waals surface area contributed by atoms with Gasteiger partial charge in [0.1, 0.15) is 0 Å². The molecule has 0 N–H and O–H groups in total. The molecule has 0 spiro atoms. The molecule has 1 aliphatic heterocycles. The minimum absolute atomic E-state index is 0.424. The molecule has 0 saturated carbocycles. The van der Waals surface area contributed by atoms with Crippen LogP contribution in [0.2, 0.25) is 10.6 Å². The first kappa shape index (κ1) is 11.6. The number of hydrogen-bond acceptors (Lipinski definition) is 1. The monoisotopic (exact) mass is 197 g/mol. The van der Waals surface area contributed by atoms with Crippen LogP contribution in [0.25, 0.3) is 0 Å². The molecule has 2 heteroatoms. The molecule has 0 aromatic heterocycles. The molecule has 0 radical (unpaired) electrons. The van der Waals surface area contributed by atoms with E-state index in [1.54, 1.807) is 17.0 Å². The second-order valence-electron chi connectivity index (χ2n) is 4.32. The Labute approximate surface area is 89.6 Å². The third kappa shape index (κ3) is 4.49. The molecule has 1 rings (SSSR count). The number of nitrogens with zero attached hydrogens (tertiary/aromatic N) is 1. The molecule has 1 saturated heterocycles. The predicted molar refractivity (Wildman–Crippen MR) is 61.9 cm³/mol. The van der Waals surface area contributed by atoms with E-state index >= 15 is 0 Å². The Morgan fingerprint density at radius 3 is 2.62 bits per heavy atom. The normalized spacial score (nSPS) is 22.2. The summed E-state index contributed by atoms with van der Waals surface area (Å²) < 4.78 is 0. The van der Waals surface area contributed by atoms with Gasteiger partial charge >= 0.3 is 0 Å². The Balaban J connectivity index is 1.98. The molecule has 0 amide bonds. The lowest BCUT2D eigenvalue weighted by Crippen LogP contribution is -2.24. The summed E-state index contributed by atoms with van der Waals surface area (Å²) >= 11 is 0.424. The van der Waals surface area contributed by atoms with Crippen molar-refractivity contribution in [3.05, 3.63) is 0 Å². The molecular weight excluding hydrogens is 173 g/mol. The molecule has 1 atom stereocenters. The molecule has 1 nitrogen and oxygen atoms in total. The summed E-state index contributed by atoms with van der Waals surface area (Å²) in [7, 11) is 0. The minimum atomic E-state index is 0.424. The third-order valence-corrected chi connectivity index (χ3v) is 5.59. The van der Waals surface area contributed by atoms with Crippen LogP contribution in [0.5, 0.6) is 0 Å². The Morgan fingerprint density at radius 1 is 1.31 bits per heavy atom. The van der Waals surface area contributed by atoms with Crippen LogP contribution >= 0.6 is 0 Å². The van der Waals surface area contributed by atoms with Crippen molar-refractivity contribution in [1.82, 2.24) is 4.90 Å². The van der Waals surface area contributed by atoms with Crippen LogP contribution in [-0.4, -0.2) is 39.8 Å². The zero-order valence-corrected chi connectivity index (χ0v) is 10.8. The minimum Gasteiger partial charge on any atom is -0.304 e. The molecule has 1 heterocycles. The van der Waals surface area contributed by atoms with Crippen molar-refractivity contribution in [3.8, 4) is 0 Å². The fourth-order valence-electron chi connectivity index (χ4n) is 2.44. The lowest BCUT2D eigenvalue weighted by Gasteiger charge is -2.18. The highest BCUT2D eigenvalue weighted by Crippen LogP contribution is 2.25. The summed E-state index contributed by atoms with van der Waals surface area (Å²) in [5, 5.41) is 3.29. The third-order valence-electron chi connectivity index (χ3n) is 3.46. The van der Waals surface area contributed by atoms with E-state index in [4.69, 9.17) is 0 Å². The second kappa shape index (κ2) is 6.87. The van der Waals surface area contributed by atoms with Crippen molar-refractivity contribution in [2.24, 2.45) is 5.92 Å². The molecule has 1 aliphatic rings. The Morgan fingerprint density at radius 2 is 2.08 bits per heavy atom. The Hall–Kier alpha value is 0.492. The van der Waals surface area contributed by atoms with E-state index in [2.05, 4.69) is 18.7 Å². The van der Waals surface area contributed by atoms with Crippen molar-refractivity contribution in [3.63, 3.8) is 0 Å². The van der Waals surface area contributed by atoms with Gasteiger partial charge < -0.3 is 4.90 Å².